The van der Waals surface area contributed by atoms with Crippen molar-refractivity contribution < 1.29 is 10.2 Å². The molecule has 0 radical (unpaired) electrons. The van der Waals surface area contributed by atoms with Crippen LogP contribution in [0.4, 0.5) is 5.69 Å². The third-order valence-corrected chi connectivity index (χ3v) is 7.03. The molecule has 0 aliphatic carbocycles. The number of benzene rings is 1. The largest absolute Gasteiger partial charge is 0.395 e. The van der Waals surface area contributed by atoms with E-state index in [4.69, 9.17) is 16.6 Å². The monoisotopic (exact) mass is 412 g/mol. The predicted octanol–water partition coefficient (Wildman–Crippen LogP) is 2.97. The summed E-state index contributed by atoms with van der Waals surface area (Å²) in [5.74, 6) is 0. The van der Waals surface area contributed by atoms with E-state index in [9.17, 15) is 10.2 Å². The van der Waals surface area contributed by atoms with Crippen LogP contribution in [0.3, 0.4) is 0 Å². The Hall–Kier alpha value is -0.990. The number of aromatic amines is 1. The third kappa shape index (κ3) is 4.71. The summed E-state index contributed by atoms with van der Waals surface area (Å²) in [5, 5.41) is 21.0. The van der Waals surface area contributed by atoms with Crippen molar-refractivity contribution in [3.8, 4) is 0 Å². The molecule has 3 rings (SSSR count). The van der Waals surface area contributed by atoms with Crippen molar-refractivity contribution in [2.75, 3.05) is 44.3 Å². The maximum absolute atomic E-state index is 9.37. The van der Waals surface area contributed by atoms with Gasteiger partial charge < -0.3 is 20.1 Å². The molecular weight excluding hydrogens is 384 g/mol. The molecule has 3 N–H and O–H groups in total. The average molecular weight is 413 g/mol. The molecule has 27 heavy (non-hydrogen) atoms. The Balaban J connectivity index is 1.74. The van der Waals surface area contributed by atoms with Gasteiger partial charge in [-0.2, -0.15) is 0 Å². The molecule has 0 spiro atoms. The van der Waals surface area contributed by atoms with Crippen molar-refractivity contribution in [3.63, 3.8) is 0 Å². The number of H-pyrrole nitrogens is 1. The molecule has 1 fully saturated rings. The quantitative estimate of drug-likeness (QED) is 0.579. The van der Waals surface area contributed by atoms with Crippen LogP contribution in [-0.4, -0.2) is 75.8 Å². The summed E-state index contributed by atoms with van der Waals surface area (Å²) >= 11 is 8.36. The Bertz CT molecular complexity index is 741. The molecule has 1 aliphatic heterocycles. The van der Waals surface area contributed by atoms with Crippen LogP contribution in [0.5, 0.6) is 0 Å². The molecular formula is C19H29ClN4O2S. The number of aliphatic hydroxyl groups excluding tert-OH is 2. The zero-order valence-corrected chi connectivity index (χ0v) is 17.6. The Morgan fingerprint density at radius 2 is 1.81 bits per heavy atom. The number of imidazole rings is 1. The number of nitrogens with zero attached hydrogens (tertiary/aromatic N) is 3. The second-order valence-corrected chi connectivity index (χ2v) is 8.66. The maximum Gasteiger partial charge on any atom is 0.166 e. The number of aliphatic hydroxyl groups is 2. The van der Waals surface area contributed by atoms with Crippen LogP contribution in [0.2, 0.25) is 5.02 Å². The molecule has 150 valence electrons. The van der Waals surface area contributed by atoms with E-state index in [1.165, 1.54) is 0 Å². The van der Waals surface area contributed by atoms with E-state index in [-0.39, 0.29) is 19.3 Å². The number of hydrogen-bond donors (Lipinski definition) is 3. The summed E-state index contributed by atoms with van der Waals surface area (Å²) in [6, 6.07) is 3.85. The summed E-state index contributed by atoms with van der Waals surface area (Å²) in [6.07, 6.45) is 2.24. The molecule has 0 unspecified atom stereocenters. The van der Waals surface area contributed by atoms with Gasteiger partial charge in [0.1, 0.15) is 0 Å². The Labute approximate surface area is 169 Å². The molecule has 1 aliphatic rings. The first-order valence-electron chi connectivity index (χ1n) is 9.66. The van der Waals surface area contributed by atoms with Gasteiger partial charge in [0.25, 0.3) is 0 Å². The number of fused-ring (bicyclic) bond motifs is 1. The minimum Gasteiger partial charge on any atom is -0.395 e. The van der Waals surface area contributed by atoms with Crippen molar-refractivity contribution in [1.82, 2.24) is 14.9 Å². The highest BCUT2D eigenvalue weighted by atomic mass is 35.5. The van der Waals surface area contributed by atoms with E-state index in [0.29, 0.717) is 5.25 Å². The Morgan fingerprint density at radius 3 is 2.41 bits per heavy atom. The van der Waals surface area contributed by atoms with Crippen molar-refractivity contribution >= 4 is 40.1 Å². The lowest BCUT2D eigenvalue weighted by atomic mass is 10.2. The fraction of sp³-hybridized carbons (Fsp3) is 0.632. The number of halogens is 1. The molecule has 6 nitrogen and oxygen atoms in total. The van der Waals surface area contributed by atoms with Crippen molar-refractivity contribution in [3.05, 3.63) is 17.2 Å². The summed E-state index contributed by atoms with van der Waals surface area (Å²) in [6.45, 7) is 7.56. The third-order valence-electron chi connectivity index (χ3n) is 5.31. The fourth-order valence-electron chi connectivity index (χ4n) is 3.52. The summed E-state index contributed by atoms with van der Waals surface area (Å²) in [7, 11) is 0. The molecule has 0 amide bonds. The minimum atomic E-state index is -0.180. The molecule has 2 heterocycles. The van der Waals surface area contributed by atoms with Gasteiger partial charge in [-0.25, -0.2) is 4.98 Å². The van der Waals surface area contributed by atoms with Crippen LogP contribution < -0.4 is 4.90 Å². The van der Waals surface area contributed by atoms with Crippen LogP contribution in [0, 0.1) is 0 Å². The van der Waals surface area contributed by atoms with E-state index in [1.54, 1.807) is 11.8 Å². The van der Waals surface area contributed by atoms with Crippen LogP contribution in [0.1, 0.15) is 26.7 Å². The van der Waals surface area contributed by atoms with Gasteiger partial charge in [-0.05, 0) is 25.0 Å². The van der Waals surface area contributed by atoms with E-state index < -0.39 is 0 Å². The lowest BCUT2D eigenvalue weighted by molar-refractivity contribution is 0.0700. The standard InChI is InChI=1S/C19H29ClN4O2S/c1-3-14(4-2)27-19-21-16-9-15(20)18(10-17(16)22-19)24-7-5-23(6-8-24)13(11-25)12-26/h9-10,13-14,25-26H,3-8,11-12H2,1-2H3,(H,21,22). The molecule has 0 atom stereocenters. The highest BCUT2D eigenvalue weighted by Gasteiger charge is 2.24. The smallest absolute Gasteiger partial charge is 0.166 e. The number of anilines is 1. The molecule has 0 saturated carbocycles. The maximum atomic E-state index is 9.37. The summed E-state index contributed by atoms with van der Waals surface area (Å²) < 4.78 is 0. The Morgan fingerprint density at radius 1 is 1.15 bits per heavy atom. The van der Waals surface area contributed by atoms with E-state index in [0.717, 1.165) is 65.9 Å². The first-order valence-corrected chi connectivity index (χ1v) is 10.9. The SMILES string of the molecule is CCC(CC)Sc1nc2cc(N3CCN(C(CO)CO)CC3)c(Cl)cc2[nH]1. The lowest BCUT2D eigenvalue weighted by Gasteiger charge is -2.39. The van der Waals surface area contributed by atoms with Gasteiger partial charge in [0.2, 0.25) is 0 Å². The Kier molecular flexibility index (Phi) is 7.28. The van der Waals surface area contributed by atoms with Gasteiger partial charge in [0.05, 0.1) is 41.0 Å². The van der Waals surface area contributed by atoms with Gasteiger partial charge in [-0.3, -0.25) is 4.90 Å². The van der Waals surface area contributed by atoms with Crippen molar-refractivity contribution in [2.45, 2.75) is 43.1 Å². The minimum absolute atomic E-state index is 0.0204. The normalized spacial score (nSPS) is 16.2. The first kappa shape index (κ1) is 20.7. The fourth-order valence-corrected chi connectivity index (χ4v) is 4.78. The zero-order chi connectivity index (χ0) is 19.4. The number of hydrogen-bond acceptors (Lipinski definition) is 6. The van der Waals surface area contributed by atoms with Gasteiger partial charge in [-0.15, -0.1) is 0 Å². The van der Waals surface area contributed by atoms with Gasteiger partial charge in [0, 0.05) is 31.4 Å². The topological polar surface area (TPSA) is 75.6 Å². The van der Waals surface area contributed by atoms with E-state index >= 15 is 0 Å². The number of thioether (sulfide) groups is 1. The molecule has 8 heteroatoms. The second-order valence-electron chi connectivity index (χ2n) is 6.96. The highest BCUT2D eigenvalue weighted by Crippen LogP contribution is 2.33. The number of aromatic nitrogens is 2. The van der Waals surface area contributed by atoms with Crippen LogP contribution in [0.25, 0.3) is 11.0 Å². The molecule has 0 bridgehead atoms. The van der Waals surface area contributed by atoms with Gasteiger partial charge in [-0.1, -0.05) is 37.2 Å². The highest BCUT2D eigenvalue weighted by molar-refractivity contribution is 7.99. The molecule has 2 aromatic rings. The average Bonchev–Trinajstić information content (AvgIpc) is 3.08. The number of nitrogens with one attached hydrogen (secondary N) is 1. The lowest BCUT2D eigenvalue weighted by Crippen LogP contribution is -2.52. The van der Waals surface area contributed by atoms with Crippen molar-refractivity contribution in [2.24, 2.45) is 0 Å². The summed E-state index contributed by atoms with van der Waals surface area (Å²) in [4.78, 5) is 12.5. The second kappa shape index (κ2) is 9.47. The predicted molar refractivity (Wildman–Crippen MR) is 113 cm³/mol. The molecule has 1 saturated heterocycles. The number of piperazine rings is 1. The van der Waals surface area contributed by atoms with Crippen molar-refractivity contribution in [1.29, 1.82) is 0 Å². The van der Waals surface area contributed by atoms with Crippen LogP contribution in [-0.2, 0) is 0 Å². The molecule has 1 aromatic heterocycles. The molecule has 1 aromatic carbocycles. The van der Waals surface area contributed by atoms with Gasteiger partial charge >= 0.3 is 0 Å². The van der Waals surface area contributed by atoms with Gasteiger partial charge in [0.15, 0.2) is 5.16 Å². The van der Waals surface area contributed by atoms with E-state index in [2.05, 4.69) is 34.7 Å². The van der Waals surface area contributed by atoms with Crippen LogP contribution in [0.15, 0.2) is 17.3 Å². The number of rotatable bonds is 8. The summed E-state index contributed by atoms with van der Waals surface area (Å²) in [5.41, 5.74) is 2.91. The zero-order valence-electron chi connectivity index (χ0n) is 16.0. The van der Waals surface area contributed by atoms with Crippen LogP contribution >= 0.6 is 23.4 Å². The first-order chi connectivity index (χ1) is 13.1. The van der Waals surface area contributed by atoms with E-state index in [1.807, 2.05) is 6.07 Å².